The van der Waals surface area contributed by atoms with Gasteiger partial charge in [0.25, 0.3) is 0 Å². The number of hydrogen-bond acceptors (Lipinski definition) is 2. The molecule has 0 bridgehead atoms. The van der Waals surface area contributed by atoms with Gasteiger partial charge < -0.3 is 13.9 Å². The van der Waals surface area contributed by atoms with Crippen LogP contribution >= 0.6 is 0 Å². The molecule has 0 amide bonds. The fourth-order valence-electron chi connectivity index (χ4n) is 3.94. The maximum Gasteiger partial charge on any atom is 0.306 e. The molecule has 0 saturated heterocycles. The summed E-state index contributed by atoms with van der Waals surface area (Å²) in [6, 6.07) is 16.6. The van der Waals surface area contributed by atoms with E-state index in [0.29, 0.717) is 6.42 Å². The molecule has 0 aliphatic rings. The van der Waals surface area contributed by atoms with E-state index < -0.39 is 0 Å². The molecule has 2 heterocycles. The lowest BCUT2D eigenvalue weighted by atomic mass is 9.88. The minimum absolute atomic E-state index is 0.0559. The van der Waals surface area contributed by atoms with Crippen LogP contribution in [-0.4, -0.2) is 22.2 Å². The molecule has 0 atom stereocenters. The van der Waals surface area contributed by atoms with Gasteiger partial charge >= 0.3 is 5.97 Å². The van der Waals surface area contributed by atoms with Crippen molar-refractivity contribution in [1.82, 2.24) is 9.13 Å². The number of rotatable bonds is 4. The summed E-state index contributed by atoms with van der Waals surface area (Å²) in [6.07, 6.45) is 4.60. The van der Waals surface area contributed by atoms with Gasteiger partial charge in [0.2, 0.25) is 0 Å². The monoisotopic (exact) mass is 346 g/mol. The lowest BCUT2D eigenvalue weighted by molar-refractivity contribution is -0.140. The first kappa shape index (κ1) is 16.5. The third kappa shape index (κ3) is 2.58. The zero-order chi connectivity index (χ0) is 18.3. The number of para-hydroxylation sites is 2. The summed E-state index contributed by atoms with van der Waals surface area (Å²) >= 11 is 0. The average molecular weight is 346 g/mol. The molecule has 0 spiro atoms. The van der Waals surface area contributed by atoms with E-state index >= 15 is 0 Å². The number of aryl methyl sites for hydroxylation is 2. The molecule has 0 N–H and O–H groups in total. The number of ether oxygens (including phenoxy) is 1. The summed E-state index contributed by atoms with van der Waals surface area (Å²) in [5.74, 6) is -0.254. The molecule has 26 heavy (non-hydrogen) atoms. The molecule has 0 fully saturated rings. The fourth-order valence-corrected chi connectivity index (χ4v) is 3.94. The van der Waals surface area contributed by atoms with Gasteiger partial charge in [0.05, 0.1) is 13.5 Å². The van der Waals surface area contributed by atoms with E-state index in [1.54, 1.807) is 0 Å². The number of hydrogen-bond donors (Lipinski definition) is 0. The maximum absolute atomic E-state index is 12.2. The first-order chi connectivity index (χ1) is 12.6. The van der Waals surface area contributed by atoms with Crippen LogP contribution in [0, 0.1) is 0 Å². The molecule has 0 unspecified atom stereocenters. The zero-order valence-electron chi connectivity index (χ0n) is 15.3. The summed E-state index contributed by atoms with van der Waals surface area (Å²) in [6.45, 7) is 0. The van der Waals surface area contributed by atoms with Crippen molar-refractivity contribution < 1.29 is 9.53 Å². The predicted molar refractivity (Wildman–Crippen MR) is 104 cm³/mol. The Bertz CT molecular complexity index is 1020. The standard InChI is InChI=1S/C22H22N2O2/c1-23-13-18(15-8-4-6-10-20(15)23)17(12-22(25)26-3)19-14-24(2)21-11-7-5-9-16(19)21/h4-11,13-14,17H,12H2,1-3H3. The predicted octanol–water partition coefficient (Wildman–Crippen LogP) is 4.37. The molecule has 4 nitrogen and oxygen atoms in total. The van der Waals surface area contributed by atoms with E-state index in [0.717, 1.165) is 22.2 Å². The summed E-state index contributed by atoms with van der Waals surface area (Å²) in [5, 5.41) is 2.36. The molecular weight excluding hydrogens is 324 g/mol. The Morgan fingerprint density at radius 2 is 1.35 bits per heavy atom. The number of fused-ring (bicyclic) bond motifs is 2. The van der Waals surface area contributed by atoms with Crippen molar-refractivity contribution in [2.45, 2.75) is 12.3 Å². The van der Waals surface area contributed by atoms with Crippen molar-refractivity contribution in [3.8, 4) is 0 Å². The van der Waals surface area contributed by atoms with Crippen molar-refractivity contribution in [2.75, 3.05) is 7.11 Å². The summed E-state index contributed by atoms with van der Waals surface area (Å²) in [5.41, 5.74) is 4.64. The Hall–Kier alpha value is -3.01. The van der Waals surface area contributed by atoms with Crippen LogP contribution in [0.15, 0.2) is 60.9 Å². The van der Waals surface area contributed by atoms with E-state index in [2.05, 4.69) is 45.8 Å². The average Bonchev–Trinajstić information content (AvgIpc) is 3.18. The summed E-state index contributed by atoms with van der Waals surface area (Å²) in [4.78, 5) is 12.2. The van der Waals surface area contributed by atoms with Crippen molar-refractivity contribution >= 4 is 27.8 Å². The van der Waals surface area contributed by atoms with Crippen LogP contribution in [-0.2, 0) is 23.6 Å². The van der Waals surface area contributed by atoms with Gasteiger partial charge in [0.15, 0.2) is 0 Å². The molecule has 2 aromatic carbocycles. The van der Waals surface area contributed by atoms with E-state index in [-0.39, 0.29) is 11.9 Å². The molecule has 4 aromatic rings. The molecule has 0 saturated carbocycles. The number of carbonyl (C=O) groups excluding carboxylic acids is 1. The van der Waals surface area contributed by atoms with Gasteiger partial charge in [-0.25, -0.2) is 0 Å². The van der Waals surface area contributed by atoms with Crippen LogP contribution in [0.3, 0.4) is 0 Å². The maximum atomic E-state index is 12.2. The molecule has 4 rings (SSSR count). The smallest absolute Gasteiger partial charge is 0.306 e. The van der Waals surface area contributed by atoms with E-state index in [1.807, 2.05) is 38.4 Å². The number of esters is 1. The van der Waals surface area contributed by atoms with Crippen molar-refractivity contribution in [3.05, 3.63) is 72.1 Å². The first-order valence-corrected chi connectivity index (χ1v) is 8.75. The van der Waals surface area contributed by atoms with Gasteiger partial charge in [0.1, 0.15) is 0 Å². The zero-order valence-corrected chi connectivity index (χ0v) is 15.3. The number of nitrogens with zero attached hydrogens (tertiary/aromatic N) is 2. The van der Waals surface area contributed by atoms with E-state index in [4.69, 9.17) is 4.74 Å². The van der Waals surface area contributed by atoms with Crippen LogP contribution < -0.4 is 0 Å². The van der Waals surface area contributed by atoms with Crippen LogP contribution in [0.4, 0.5) is 0 Å². The lowest BCUT2D eigenvalue weighted by Crippen LogP contribution is -2.09. The highest BCUT2D eigenvalue weighted by Crippen LogP contribution is 2.38. The molecule has 2 aromatic heterocycles. The molecule has 0 aliphatic carbocycles. The Kier molecular flexibility index (Phi) is 4.03. The number of methoxy groups -OCH3 is 1. The normalized spacial score (nSPS) is 11.5. The Morgan fingerprint density at radius 1 is 0.885 bits per heavy atom. The van der Waals surface area contributed by atoms with E-state index in [1.165, 1.54) is 17.9 Å². The Morgan fingerprint density at radius 3 is 1.81 bits per heavy atom. The van der Waals surface area contributed by atoms with Crippen LogP contribution in [0.5, 0.6) is 0 Å². The number of aromatic nitrogens is 2. The minimum atomic E-state index is -0.198. The second-order valence-corrected chi connectivity index (χ2v) is 6.76. The summed E-state index contributed by atoms with van der Waals surface area (Å²) in [7, 11) is 5.54. The summed E-state index contributed by atoms with van der Waals surface area (Å²) < 4.78 is 9.26. The van der Waals surface area contributed by atoms with Crippen molar-refractivity contribution in [1.29, 1.82) is 0 Å². The topological polar surface area (TPSA) is 36.2 Å². The Balaban J connectivity index is 1.96. The first-order valence-electron chi connectivity index (χ1n) is 8.75. The lowest BCUT2D eigenvalue weighted by Gasteiger charge is -2.15. The van der Waals surface area contributed by atoms with Gasteiger partial charge in [-0.2, -0.15) is 0 Å². The third-order valence-electron chi connectivity index (χ3n) is 5.20. The minimum Gasteiger partial charge on any atom is -0.469 e. The highest BCUT2D eigenvalue weighted by molar-refractivity contribution is 5.90. The number of benzene rings is 2. The number of carbonyl (C=O) groups is 1. The molecule has 0 radical (unpaired) electrons. The van der Waals surface area contributed by atoms with Gasteiger partial charge in [-0.15, -0.1) is 0 Å². The van der Waals surface area contributed by atoms with Gasteiger partial charge in [-0.1, -0.05) is 36.4 Å². The van der Waals surface area contributed by atoms with E-state index in [9.17, 15) is 4.79 Å². The second kappa shape index (κ2) is 6.37. The van der Waals surface area contributed by atoms with Crippen LogP contribution in [0.25, 0.3) is 21.8 Å². The third-order valence-corrected chi connectivity index (χ3v) is 5.20. The fraction of sp³-hybridized carbons (Fsp3) is 0.227. The van der Waals surface area contributed by atoms with Crippen LogP contribution in [0.1, 0.15) is 23.5 Å². The quantitative estimate of drug-likeness (QED) is 0.515. The molecule has 4 heteroatoms. The molecule has 0 aliphatic heterocycles. The highest BCUT2D eigenvalue weighted by atomic mass is 16.5. The van der Waals surface area contributed by atoms with Crippen molar-refractivity contribution in [2.24, 2.45) is 14.1 Å². The van der Waals surface area contributed by atoms with Gasteiger partial charge in [-0.3, -0.25) is 4.79 Å². The van der Waals surface area contributed by atoms with Gasteiger partial charge in [0, 0.05) is 54.2 Å². The highest BCUT2D eigenvalue weighted by Gasteiger charge is 2.25. The van der Waals surface area contributed by atoms with Gasteiger partial charge in [-0.05, 0) is 23.3 Å². The molecular formula is C22H22N2O2. The second-order valence-electron chi connectivity index (χ2n) is 6.76. The van der Waals surface area contributed by atoms with Crippen molar-refractivity contribution in [3.63, 3.8) is 0 Å². The molecule has 132 valence electrons. The van der Waals surface area contributed by atoms with Crippen LogP contribution in [0.2, 0.25) is 0 Å². The Labute approximate surface area is 152 Å². The SMILES string of the molecule is COC(=O)CC(c1cn(C)c2ccccc12)c1cn(C)c2ccccc12. The largest absolute Gasteiger partial charge is 0.469 e.